The average molecular weight is 409 g/mol. The Bertz CT molecular complexity index is 846. The maximum atomic E-state index is 12.6. The van der Waals surface area contributed by atoms with Gasteiger partial charge in [0.25, 0.3) is 11.8 Å². The molecule has 4 heteroatoms. The minimum Gasteiger partial charge on any atom is -0.347 e. The summed E-state index contributed by atoms with van der Waals surface area (Å²) in [4.78, 5) is 25.1. The molecule has 2 aromatic rings. The third-order valence-electron chi connectivity index (χ3n) is 6.79. The summed E-state index contributed by atoms with van der Waals surface area (Å²) < 4.78 is 0. The van der Waals surface area contributed by atoms with Crippen LogP contribution in [0.3, 0.4) is 0 Å². The summed E-state index contributed by atoms with van der Waals surface area (Å²) in [6.07, 6.45) is 3.88. The van der Waals surface area contributed by atoms with Crippen LogP contribution in [0.4, 0.5) is 5.69 Å². The van der Waals surface area contributed by atoms with E-state index >= 15 is 0 Å². The fraction of sp³-hybridized carbons (Fsp3) is 0.462. The van der Waals surface area contributed by atoms with Crippen LogP contribution in [0.2, 0.25) is 0 Å². The number of nitrogens with one attached hydrogen (secondary N) is 2. The van der Waals surface area contributed by atoms with E-state index in [1.165, 1.54) is 5.56 Å². The zero-order valence-electron chi connectivity index (χ0n) is 19.3. The molecule has 2 N–H and O–H groups in total. The number of rotatable bonds is 9. The molecule has 0 aromatic heterocycles. The van der Waals surface area contributed by atoms with E-state index < -0.39 is 0 Å². The van der Waals surface area contributed by atoms with Crippen molar-refractivity contribution in [3.63, 3.8) is 0 Å². The van der Waals surface area contributed by atoms with Crippen LogP contribution in [0.1, 0.15) is 93.5 Å². The van der Waals surface area contributed by atoms with Crippen molar-refractivity contribution in [2.24, 2.45) is 0 Å². The smallest absolute Gasteiger partial charge is 0.255 e. The number of carbonyl (C=O) groups excluding carboxylic acids is 2. The molecule has 0 aliphatic carbocycles. The van der Waals surface area contributed by atoms with E-state index in [1.54, 1.807) is 24.3 Å². The molecule has 4 nitrogen and oxygen atoms in total. The highest BCUT2D eigenvalue weighted by atomic mass is 16.2. The van der Waals surface area contributed by atoms with Crippen LogP contribution in [0.25, 0.3) is 0 Å². The molecule has 0 heterocycles. The predicted octanol–water partition coefficient (Wildman–Crippen LogP) is 6.33. The van der Waals surface area contributed by atoms with Crippen LogP contribution in [0, 0.1) is 0 Å². The highest BCUT2D eigenvalue weighted by molar-refractivity contribution is 6.05. The summed E-state index contributed by atoms with van der Waals surface area (Å²) in [5.41, 5.74) is 3.07. The van der Waals surface area contributed by atoms with E-state index in [2.05, 4.69) is 57.4 Å². The number of benzene rings is 2. The molecule has 0 bridgehead atoms. The van der Waals surface area contributed by atoms with Crippen LogP contribution in [-0.4, -0.2) is 17.4 Å². The standard InChI is InChI=1S/C26H36N2O2/c1-7-25(5,8-2)21-15-17-22(18-16-21)27-23(29)19-11-13-20(14-12-19)24(30)28-26(6,9-3)10-4/h11-18H,7-10H2,1-6H3,(H,27,29)(H,28,30). The van der Waals surface area contributed by atoms with Gasteiger partial charge in [0.15, 0.2) is 0 Å². The molecule has 2 rings (SSSR count). The molecule has 2 aromatic carbocycles. The van der Waals surface area contributed by atoms with Gasteiger partial charge in [0.2, 0.25) is 0 Å². The third-order valence-corrected chi connectivity index (χ3v) is 6.79. The maximum absolute atomic E-state index is 12.6. The fourth-order valence-corrected chi connectivity index (χ4v) is 3.36. The number of amides is 2. The van der Waals surface area contributed by atoms with Gasteiger partial charge in [-0.1, -0.05) is 46.8 Å². The largest absolute Gasteiger partial charge is 0.347 e. The first-order valence-corrected chi connectivity index (χ1v) is 11.0. The normalized spacial score (nSPS) is 11.8. The zero-order chi connectivity index (χ0) is 22.4. The topological polar surface area (TPSA) is 58.2 Å². The summed E-state index contributed by atoms with van der Waals surface area (Å²) >= 11 is 0. The van der Waals surface area contributed by atoms with Gasteiger partial charge in [0, 0.05) is 22.4 Å². The fourth-order valence-electron chi connectivity index (χ4n) is 3.36. The quantitative estimate of drug-likeness (QED) is 0.510. The molecule has 0 fully saturated rings. The Morgan fingerprint density at radius 2 is 1.17 bits per heavy atom. The van der Waals surface area contributed by atoms with Crippen molar-refractivity contribution in [2.45, 2.75) is 78.2 Å². The summed E-state index contributed by atoms with van der Waals surface area (Å²) in [5, 5.41) is 6.02. The molecule has 30 heavy (non-hydrogen) atoms. The number of hydrogen-bond acceptors (Lipinski definition) is 2. The first-order valence-electron chi connectivity index (χ1n) is 11.0. The lowest BCUT2D eigenvalue weighted by molar-refractivity contribution is 0.0900. The Kier molecular flexibility index (Phi) is 7.83. The zero-order valence-corrected chi connectivity index (χ0v) is 19.3. The monoisotopic (exact) mass is 408 g/mol. The van der Waals surface area contributed by atoms with E-state index in [0.29, 0.717) is 11.1 Å². The summed E-state index contributed by atoms with van der Waals surface area (Å²) in [6.45, 7) is 12.8. The van der Waals surface area contributed by atoms with Gasteiger partial charge in [-0.25, -0.2) is 0 Å². The highest BCUT2D eigenvalue weighted by Crippen LogP contribution is 2.31. The van der Waals surface area contributed by atoms with Gasteiger partial charge in [-0.15, -0.1) is 0 Å². The molecule has 0 saturated carbocycles. The van der Waals surface area contributed by atoms with Crippen LogP contribution in [-0.2, 0) is 5.41 Å². The van der Waals surface area contributed by atoms with Crippen molar-refractivity contribution in [3.8, 4) is 0 Å². The van der Waals surface area contributed by atoms with Crippen LogP contribution in [0.5, 0.6) is 0 Å². The second-order valence-electron chi connectivity index (χ2n) is 8.60. The van der Waals surface area contributed by atoms with Crippen LogP contribution >= 0.6 is 0 Å². The lowest BCUT2D eigenvalue weighted by Gasteiger charge is -2.28. The van der Waals surface area contributed by atoms with Crippen molar-refractivity contribution >= 4 is 17.5 Å². The Morgan fingerprint density at radius 1 is 0.700 bits per heavy atom. The molecule has 0 unspecified atom stereocenters. The molecule has 0 atom stereocenters. The number of carbonyl (C=O) groups is 2. The minimum absolute atomic E-state index is 0.112. The summed E-state index contributed by atoms with van der Waals surface area (Å²) in [5.74, 6) is -0.297. The molecule has 0 spiro atoms. The first-order chi connectivity index (χ1) is 14.2. The summed E-state index contributed by atoms with van der Waals surface area (Å²) in [7, 11) is 0. The van der Waals surface area contributed by atoms with Gasteiger partial charge < -0.3 is 10.6 Å². The van der Waals surface area contributed by atoms with Gasteiger partial charge in [0.05, 0.1) is 0 Å². The predicted molar refractivity (Wildman–Crippen MR) is 125 cm³/mol. The van der Waals surface area contributed by atoms with Crippen molar-refractivity contribution in [1.29, 1.82) is 0 Å². The van der Waals surface area contributed by atoms with E-state index in [-0.39, 0.29) is 22.8 Å². The SMILES string of the molecule is CCC(C)(CC)NC(=O)c1ccc(C(=O)Nc2ccc(C(C)(CC)CC)cc2)cc1. The minimum atomic E-state index is -0.217. The van der Waals surface area contributed by atoms with Crippen molar-refractivity contribution in [2.75, 3.05) is 5.32 Å². The molecule has 0 radical (unpaired) electrons. The number of anilines is 1. The third kappa shape index (κ3) is 5.50. The second-order valence-corrected chi connectivity index (χ2v) is 8.60. The first kappa shape index (κ1) is 23.7. The molecular formula is C26H36N2O2. The van der Waals surface area contributed by atoms with Gasteiger partial charge in [0.1, 0.15) is 0 Å². The highest BCUT2D eigenvalue weighted by Gasteiger charge is 2.23. The molecule has 0 aliphatic heterocycles. The Balaban J connectivity index is 2.05. The van der Waals surface area contributed by atoms with Crippen molar-refractivity contribution in [3.05, 3.63) is 65.2 Å². The van der Waals surface area contributed by atoms with Gasteiger partial charge in [-0.05, 0) is 80.0 Å². The lowest BCUT2D eigenvalue weighted by atomic mass is 9.78. The van der Waals surface area contributed by atoms with E-state index in [0.717, 1.165) is 31.4 Å². The molecule has 0 aliphatic rings. The van der Waals surface area contributed by atoms with Crippen LogP contribution in [0.15, 0.2) is 48.5 Å². The number of hydrogen-bond donors (Lipinski definition) is 2. The van der Waals surface area contributed by atoms with Gasteiger partial charge in [-0.2, -0.15) is 0 Å². The lowest BCUT2D eigenvalue weighted by Crippen LogP contribution is -2.44. The van der Waals surface area contributed by atoms with Crippen LogP contribution < -0.4 is 10.6 Å². The van der Waals surface area contributed by atoms with Gasteiger partial charge in [-0.3, -0.25) is 9.59 Å². The van der Waals surface area contributed by atoms with Gasteiger partial charge >= 0.3 is 0 Å². The Labute approximate surface area is 181 Å². The molecule has 162 valence electrons. The van der Waals surface area contributed by atoms with E-state index in [4.69, 9.17) is 0 Å². The van der Waals surface area contributed by atoms with E-state index in [1.807, 2.05) is 19.1 Å². The van der Waals surface area contributed by atoms with Crippen molar-refractivity contribution < 1.29 is 9.59 Å². The Morgan fingerprint density at radius 3 is 1.60 bits per heavy atom. The second kappa shape index (κ2) is 9.92. The maximum Gasteiger partial charge on any atom is 0.255 e. The molecule has 2 amide bonds. The molecule has 0 saturated heterocycles. The Hall–Kier alpha value is -2.62. The molecular weight excluding hydrogens is 372 g/mol. The van der Waals surface area contributed by atoms with E-state index in [9.17, 15) is 9.59 Å². The average Bonchev–Trinajstić information content (AvgIpc) is 2.78. The van der Waals surface area contributed by atoms with Crippen molar-refractivity contribution in [1.82, 2.24) is 5.32 Å². The summed E-state index contributed by atoms with van der Waals surface area (Å²) in [6, 6.07) is 14.9.